The van der Waals surface area contributed by atoms with Gasteiger partial charge >= 0.3 is 5.97 Å². The van der Waals surface area contributed by atoms with Crippen molar-refractivity contribution in [2.75, 3.05) is 10.6 Å². The van der Waals surface area contributed by atoms with Crippen molar-refractivity contribution in [3.63, 3.8) is 0 Å². The van der Waals surface area contributed by atoms with Crippen molar-refractivity contribution in [3.05, 3.63) is 87.7 Å². The number of carboxylic acid groups (broad SMARTS) is 1. The number of nitrogens with zero attached hydrogens (tertiary/aromatic N) is 2. The minimum Gasteiger partial charge on any atom is -0.477 e. The fourth-order valence-electron chi connectivity index (χ4n) is 3.22. The van der Waals surface area contributed by atoms with Gasteiger partial charge in [-0.25, -0.2) is 9.48 Å². The molecule has 0 fully saturated rings. The van der Waals surface area contributed by atoms with Crippen LogP contribution in [0.4, 0.5) is 11.5 Å². The molecule has 0 aliphatic carbocycles. The lowest BCUT2D eigenvalue weighted by Gasteiger charge is -2.24. The number of hydrogen-bond acceptors (Lipinski definition) is 4. The summed E-state index contributed by atoms with van der Waals surface area (Å²) >= 11 is 3.44. The molecular weight excluding hydrogens is 436 g/mol. The highest BCUT2D eigenvalue weighted by Gasteiger charge is 2.29. The molecule has 0 saturated carbocycles. The van der Waals surface area contributed by atoms with Crippen molar-refractivity contribution in [1.29, 1.82) is 0 Å². The van der Waals surface area contributed by atoms with E-state index in [2.05, 4.69) is 31.7 Å². The minimum absolute atomic E-state index is 0.00656. The summed E-state index contributed by atoms with van der Waals surface area (Å²) in [7, 11) is 0. The number of aliphatic carboxylic acids is 1. The summed E-state index contributed by atoms with van der Waals surface area (Å²) in [6.45, 7) is 1.90. The first-order valence-electron chi connectivity index (χ1n) is 8.86. The van der Waals surface area contributed by atoms with Gasteiger partial charge in [-0.05, 0) is 42.3 Å². The number of halogens is 1. The second-order valence-electron chi connectivity index (χ2n) is 6.63. The Morgan fingerprint density at radius 2 is 2.00 bits per heavy atom. The quantitative estimate of drug-likeness (QED) is 0.551. The zero-order valence-electron chi connectivity index (χ0n) is 15.4. The molecular formula is C21H17BrN4O3. The summed E-state index contributed by atoms with van der Waals surface area (Å²) in [5.41, 5.74) is 2.71. The Labute approximate surface area is 175 Å². The van der Waals surface area contributed by atoms with E-state index in [1.165, 1.54) is 6.20 Å². The fraction of sp³-hybridized carbons (Fsp3) is 0.0952. The SMILES string of the molecule is Cc1ccccc1NC(=O)c1cnn2c1NC(C(=O)O)=CC2c1cccc(Br)c1. The van der Waals surface area contributed by atoms with Crippen LogP contribution in [0.15, 0.2) is 71.0 Å². The zero-order valence-corrected chi connectivity index (χ0v) is 17.0. The number of hydrogen-bond donors (Lipinski definition) is 3. The Hall–Kier alpha value is -3.39. The van der Waals surface area contributed by atoms with Crippen LogP contribution in [-0.4, -0.2) is 26.8 Å². The van der Waals surface area contributed by atoms with Gasteiger partial charge < -0.3 is 15.7 Å². The van der Waals surface area contributed by atoms with E-state index in [0.717, 1.165) is 15.6 Å². The van der Waals surface area contributed by atoms with Gasteiger partial charge in [0.2, 0.25) is 0 Å². The predicted molar refractivity (Wildman–Crippen MR) is 113 cm³/mol. The molecule has 1 amide bonds. The van der Waals surface area contributed by atoms with Crippen LogP contribution < -0.4 is 10.6 Å². The third-order valence-corrected chi connectivity index (χ3v) is 5.19. The van der Waals surface area contributed by atoms with Gasteiger partial charge in [-0.15, -0.1) is 0 Å². The monoisotopic (exact) mass is 452 g/mol. The van der Waals surface area contributed by atoms with Crippen LogP contribution >= 0.6 is 15.9 Å². The summed E-state index contributed by atoms with van der Waals surface area (Å²) < 4.78 is 2.48. The van der Waals surface area contributed by atoms with E-state index in [-0.39, 0.29) is 17.2 Å². The molecule has 3 N–H and O–H groups in total. The van der Waals surface area contributed by atoms with Crippen molar-refractivity contribution in [2.45, 2.75) is 13.0 Å². The molecule has 2 heterocycles. The summed E-state index contributed by atoms with van der Waals surface area (Å²) in [5, 5.41) is 19.6. The molecule has 0 bridgehead atoms. The van der Waals surface area contributed by atoms with Crippen LogP contribution in [0.1, 0.15) is 27.5 Å². The number of rotatable bonds is 4. The standard InChI is InChI=1S/C21H17BrN4O3/c1-12-5-2-3-8-16(12)25-20(27)15-11-23-26-18(13-6-4-7-14(22)9-13)10-17(21(28)29)24-19(15)26/h2-11,18,24H,1H3,(H,25,27)(H,28,29). The van der Waals surface area contributed by atoms with Crippen molar-refractivity contribution in [2.24, 2.45) is 0 Å². The largest absolute Gasteiger partial charge is 0.477 e. The lowest BCUT2D eigenvalue weighted by molar-refractivity contribution is -0.132. The summed E-state index contributed by atoms with van der Waals surface area (Å²) in [6.07, 6.45) is 3.02. The molecule has 4 rings (SSSR count). The molecule has 1 atom stereocenters. The first-order chi connectivity index (χ1) is 13.9. The Balaban J connectivity index is 1.74. The smallest absolute Gasteiger partial charge is 0.352 e. The molecule has 1 aliphatic heterocycles. The summed E-state index contributed by atoms with van der Waals surface area (Å²) in [6, 6.07) is 14.5. The van der Waals surface area contributed by atoms with E-state index in [9.17, 15) is 14.7 Å². The normalized spacial score (nSPS) is 15.1. The number of carbonyl (C=O) groups excluding carboxylic acids is 1. The lowest BCUT2D eigenvalue weighted by atomic mass is 10.0. The van der Waals surface area contributed by atoms with Gasteiger partial charge in [0, 0.05) is 10.2 Å². The van der Waals surface area contributed by atoms with E-state index in [1.807, 2.05) is 55.5 Å². The number of anilines is 2. The van der Waals surface area contributed by atoms with Crippen LogP contribution in [0.25, 0.3) is 0 Å². The van der Waals surface area contributed by atoms with Gasteiger partial charge in [-0.2, -0.15) is 5.10 Å². The molecule has 1 unspecified atom stereocenters. The predicted octanol–water partition coefficient (Wildman–Crippen LogP) is 4.19. The van der Waals surface area contributed by atoms with E-state index < -0.39 is 12.0 Å². The molecule has 7 nitrogen and oxygen atoms in total. The van der Waals surface area contributed by atoms with Gasteiger partial charge in [-0.3, -0.25) is 4.79 Å². The second-order valence-corrected chi connectivity index (χ2v) is 7.55. The maximum atomic E-state index is 12.9. The first kappa shape index (κ1) is 18.9. The number of aromatic nitrogens is 2. The molecule has 2 aromatic carbocycles. The molecule has 0 radical (unpaired) electrons. The number of para-hydroxylation sites is 1. The number of aryl methyl sites for hydroxylation is 1. The fourth-order valence-corrected chi connectivity index (χ4v) is 3.63. The number of carbonyl (C=O) groups is 2. The topological polar surface area (TPSA) is 96.3 Å². The van der Waals surface area contributed by atoms with Crippen molar-refractivity contribution in [3.8, 4) is 0 Å². The number of allylic oxidation sites excluding steroid dienone is 1. The van der Waals surface area contributed by atoms with Crippen LogP contribution in [0.5, 0.6) is 0 Å². The number of amides is 1. The highest BCUT2D eigenvalue weighted by molar-refractivity contribution is 9.10. The number of fused-ring (bicyclic) bond motifs is 1. The van der Waals surface area contributed by atoms with Crippen molar-refractivity contribution in [1.82, 2.24) is 9.78 Å². The summed E-state index contributed by atoms with van der Waals surface area (Å²) in [4.78, 5) is 24.6. The zero-order chi connectivity index (χ0) is 20.5. The molecule has 0 spiro atoms. The molecule has 146 valence electrons. The summed E-state index contributed by atoms with van der Waals surface area (Å²) in [5.74, 6) is -1.14. The van der Waals surface area contributed by atoms with E-state index in [1.54, 1.807) is 10.8 Å². The van der Waals surface area contributed by atoms with E-state index in [4.69, 9.17) is 0 Å². The highest BCUT2D eigenvalue weighted by Crippen LogP contribution is 2.33. The lowest BCUT2D eigenvalue weighted by Crippen LogP contribution is -2.25. The Morgan fingerprint density at radius 1 is 1.21 bits per heavy atom. The maximum Gasteiger partial charge on any atom is 0.352 e. The Bertz CT molecular complexity index is 1150. The third kappa shape index (κ3) is 3.66. The first-order valence-corrected chi connectivity index (χ1v) is 9.65. The van der Waals surface area contributed by atoms with Gasteiger partial charge in [-0.1, -0.05) is 46.3 Å². The average Bonchev–Trinajstić information content (AvgIpc) is 3.13. The average molecular weight is 453 g/mol. The van der Waals surface area contributed by atoms with Crippen LogP contribution in [0.3, 0.4) is 0 Å². The van der Waals surface area contributed by atoms with E-state index in [0.29, 0.717) is 11.5 Å². The number of nitrogens with one attached hydrogen (secondary N) is 2. The maximum absolute atomic E-state index is 12.9. The van der Waals surface area contributed by atoms with Crippen LogP contribution in [0.2, 0.25) is 0 Å². The van der Waals surface area contributed by atoms with Gasteiger partial charge in [0.1, 0.15) is 17.1 Å². The van der Waals surface area contributed by atoms with E-state index >= 15 is 0 Å². The molecule has 8 heteroatoms. The number of carboxylic acids is 1. The molecule has 3 aromatic rings. The third-order valence-electron chi connectivity index (χ3n) is 4.70. The molecule has 29 heavy (non-hydrogen) atoms. The molecule has 1 aliphatic rings. The van der Waals surface area contributed by atoms with Gasteiger partial charge in [0.25, 0.3) is 5.91 Å². The Kier molecular flexibility index (Phi) is 4.94. The van der Waals surface area contributed by atoms with Crippen LogP contribution in [0, 0.1) is 6.92 Å². The van der Waals surface area contributed by atoms with Crippen molar-refractivity contribution < 1.29 is 14.7 Å². The van der Waals surface area contributed by atoms with Crippen molar-refractivity contribution >= 4 is 39.3 Å². The number of benzene rings is 2. The molecule has 1 aromatic heterocycles. The van der Waals surface area contributed by atoms with Crippen LogP contribution in [-0.2, 0) is 4.79 Å². The van der Waals surface area contributed by atoms with Gasteiger partial charge in [0.15, 0.2) is 0 Å². The Morgan fingerprint density at radius 3 is 2.72 bits per heavy atom. The highest BCUT2D eigenvalue weighted by atomic mass is 79.9. The minimum atomic E-state index is -1.11. The van der Waals surface area contributed by atoms with Gasteiger partial charge in [0.05, 0.1) is 12.2 Å². The second kappa shape index (κ2) is 7.56. The molecule has 0 saturated heterocycles.